The summed E-state index contributed by atoms with van der Waals surface area (Å²) in [4.78, 5) is 10.4. The van der Waals surface area contributed by atoms with E-state index in [0.717, 1.165) is 0 Å². The maximum absolute atomic E-state index is 10.4. The largest absolute Gasteiger partial charge is 0.481 e. The molecule has 0 amide bonds. The van der Waals surface area contributed by atoms with E-state index in [1.165, 1.54) is 6.20 Å². The van der Waals surface area contributed by atoms with E-state index in [1.807, 2.05) is 13.8 Å². The highest BCUT2D eigenvalue weighted by Gasteiger charge is 2.12. The molecule has 1 aromatic rings. The van der Waals surface area contributed by atoms with Crippen LogP contribution in [0.5, 0.6) is 0 Å². The van der Waals surface area contributed by atoms with Crippen molar-refractivity contribution in [1.82, 2.24) is 9.78 Å². The number of rotatable bonds is 3. The molecule has 0 saturated heterocycles. The second-order valence-electron chi connectivity index (χ2n) is 3.07. The standard InChI is InChI=1S/C8H11ClN2O2/c1-5(2)11-8(9)6(4-10-11)3-7(12)13/h4-5H,3H2,1-2H3,(H,12,13). The van der Waals surface area contributed by atoms with Crippen molar-refractivity contribution in [1.29, 1.82) is 0 Å². The lowest BCUT2D eigenvalue weighted by molar-refractivity contribution is -0.136. The van der Waals surface area contributed by atoms with Crippen molar-refractivity contribution in [3.05, 3.63) is 16.9 Å². The molecule has 0 aliphatic heterocycles. The van der Waals surface area contributed by atoms with Gasteiger partial charge in [0.25, 0.3) is 0 Å². The topological polar surface area (TPSA) is 55.1 Å². The molecule has 0 fully saturated rings. The summed E-state index contributed by atoms with van der Waals surface area (Å²) < 4.78 is 1.60. The predicted molar refractivity (Wildman–Crippen MR) is 49.0 cm³/mol. The molecular weight excluding hydrogens is 192 g/mol. The Hall–Kier alpha value is -1.03. The molecule has 1 N–H and O–H groups in total. The van der Waals surface area contributed by atoms with Gasteiger partial charge in [0.15, 0.2) is 0 Å². The SMILES string of the molecule is CC(C)n1ncc(CC(=O)O)c1Cl. The lowest BCUT2D eigenvalue weighted by Gasteiger charge is -2.06. The lowest BCUT2D eigenvalue weighted by Crippen LogP contribution is -2.04. The van der Waals surface area contributed by atoms with Crippen LogP contribution in [0.4, 0.5) is 0 Å². The van der Waals surface area contributed by atoms with Gasteiger partial charge in [0.2, 0.25) is 0 Å². The van der Waals surface area contributed by atoms with Crippen molar-refractivity contribution in [2.24, 2.45) is 0 Å². The summed E-state index contributed by atoms with van der Waals surface area (Å²) >= 11 is 5.90. The van der Waals surface area contributed by atoms with E-state index in [1.54, 1.807) is 4.68 Å². The minimum absolute atomic E-state index is 0.0778. The van der Waals surface area contributed by atoms with Gasteiger partial charge in [-0.2, -0.15) is 5.10 Å². The second kappa shape index (κ2) is 3.79. The molecular formula is C8H11ClN2O2. The smallest absolute Gasteiger partial charge is 0.307 e. The number of aliphatic carboxylic acids is 1. The average molecular weight is 203 g/mol. The van der Waals surface area contributed by atoms with Crippen LogP contribution < -0.4 is 0 Å². The molecule has 1 aromatic heterocycles. The number of carbonyl (C=O) groups is 1. The number of hydrogen-bond donors (Lipinski definition) is 1. The number of nitrogens with zero attached hydrogens (tertiary/aromatic N) is 2. The normalized spacial score (nSPS) is 10.8. The number of halogens is 1. The summed E-state index contributed by atoms with van der Waals surface area (Å²) in [5.74, 6) is -0.898. The Morgan fingerprint density at radius 1 is 1.77 bits per heavy atom. The van der Waals surface area contributed by atoms with Gasteiger partial charge in [0.05, 0.1) is 12.6 Å². The van der Waals surface area contributed by atoms with Crippen molar-refractivity contribution in [3.8, 4) is 0 Å². The van der Waals surface area contributed by atoms with Crippen LogP contribution in [0.15, 0.2) is 6.20 Å². The summed E-state index contributed by atoms with van der Waals surface area (Å²) in [5.41, 5.74) is 0.558. The molecule has 0 saturated carbocycles. The lowest BCUT2D eigenvalue weighted by atomic mass is 10.2. The van der Waals surface area contributed by atoms with Gasteiger partial charge in [-0.3, -0.25) is 9.48 Å². The third kappa shape index (κ3) is 2.21. The molecule has 1 heterocycles. The van der Waals surface area contributed by atoms with Gasteiger partial charge in [0, 0.05) is 11.6 Å². The molecule has 0 aliphatic rings. The van der Waals surface area contributed by atoms with E-state index in [9.17, 15) is 4.79 Å². The first-order valence-corrected chi connectivity index (χ1v) is 4.34. The van der Waals surface area contributed by atoms with Crippen LogP contribution in [-0.2, 0) is 11.2 Å². The third-order valence-electron chi connectivity index (χ3n) is 1.63. The zero-order valence-corrected chi connectivity index (χ0v) is 8.25. The minimum Gasteiger partial charge on any atom is -0.481 e. The zero-order chi connectivity index (χ0) is 10.0. The van der Waals surface area contributed by atoms with Gasteiger partial charge in [0.1, 0.15) is 5.15 Å². The molecule has 4 nitrogen and oxygen atoms in total. The Morgan fingerprint density at radius 2 is 2.38 bits per heavy atom. The van der Waals surface area contributed by atoms with Gasteiger partial charge in [-0.05, 0) is 13.8 Å². The predicted octanol–water partition coefficient (Wildman–Crippen LogP) is 1.74. The zero-order valence-electron chi connectivity index (χ0n) is 7.49. The fraction of sp³-hybridized carbons (Fsp3) is 0.500. The van der Waals surface area contributed by atoms with E-state index < -0.39 is 5.97 Å². The quantitative estimate of drug-likeness (QED) is 0.813. The van der Waals surface area contributed by atoms with Crippen molar-refractivity contribution < 1.29 is 9.90 Å². The van der Waals surface area contributed by atoms with Gasteiger partial charge in [-0.1, -0.05) is 11.6 Å². The second-order valence-corrected chi connectivity index (χ2v) is 3.43. The molecule has 0 bridgehead atoms. The highest BCUT2D eigenvalue weighted by Crippen LogP contribution is 2.19. The van der Waals surface area contributed by atoms with E-state index in [2.05, 4.69) is 5.10 Å². The first kappa shape index (κ1) is 10.1. The maximum Gasteiger partial charge on any atom is 0.307 e. The summed E-state index contributed by atoms with van der Waals surface area (Å²) in [7, 11) is 0. The average Bonchev–Trinajstić information content (AvgIpc) is 2.32. The Kier molecular flexibility index (Phi) is 2.93. The van der Waals surface area contributed by atoms with Crippen LogP contribution in [0.1, 0.15) is 25.5 Å². The number of carboxylic acid groups (broad SMARTS) is 1. The van der Waals surface area contributed by atoms with Crippen LogP contribution in [0.3, 0.4) is 0 Å². The first-order valence-electron chi connectivity index (χ1n) is 3.96. The van der Waals surface area contributed by atoms with Crippen LogP contribution in [0, 0.1) is 0 Å². The number of carboxylic acids is 1. The molecule has 5 heteroatoms. The monoisotopic (exact) mass is 202 g/mol. The van der Waals surface area contributed by atoms with Crippen LogP contribution in [0.25, 0.3) is 0 Å². The van der Waals surface area contributed by atoms with E-state index in [0.29, 0.717) is 10.7 Å². The summed E-state index contributed by atoms with van der Waals surface area (Å²) in [6.45, 7) is 3.87. The fourth-order valence-corrected chi connectivity index (χ4v) is 1.38. The van der Waals surface area contributed by atoms with Crippen molar-refractivity contribution in [2.45, 2.75) is 26.3 Å². The highest BCUT2D eigenvalue weighted by atomic mass is 35.5. The van der Waals surface area contributed by atoms with Crippen LogP contribution in [0.2, 0.25) is 5.15 Å². The molecule has 0 atom stereocenters. The molecule has 0 unspecified atom stereocenters. The van der Waals surface area contributed by atoms with Gasteiger partial charge >= 0.3 is 5.97 Å². The van der Waals surface area contributed by atoms with E-state index >= 15 is 0 Å². The molecule has 0 spiro atoms. The van der Waals surface area contributed by atoms with Gasteiger partial charge < -0.3 is 5.11 Å². The van der Waals surface area contributed by atoms with Gasteiger partial charge in [-0.15, -0.1) is 0 Å². The van der Waals surface area contributed by atoms with Crippen LogP contribution >= 0.6 is 11.6 Å². The Morgan fingerprint density at radius 3 is 2.77 bits per heavy atom. The maximum atomic E-state index is 10.4. The van der Waals surface area contributed by atoms with Crippen molar-refractivity contribution in [2.75, 3.05) is 0 Å². The summed E-state index contributed by atoms with van der Waals surface area (Å²) in [6, 6.07) is 0.148. The van der Waals surface area contributed by atoms with Crippen molar-refractivity contribution >= 4 is 17.6 Å². The first-order chi connectivity index (χ1) is 6.02. The Balaban J connectivity index is 2.92. The molecule has 0 radical (unpaired) electrons. The third-order valence-corrected chi connectivity index (χ3v) is 2.05. The molecule has 0 aliphatic carbocycles. The number of hydrogen-bond acceptors (Lipinski definition) is 2. The van der Waals surface area contributed by atoms with Crippen molar-refractivity contribution in [3.63, 3.8) is 0 Å². The highest BCUT2D eigenvalue weighted by molar-refractivity contribution is 6.30. The Bertz CT molecular complexity index is 320. The Labute approximate surface area is 81.1 Å². The molecule has 0 aromatic carbocycles. The molecule has 1 rings (SSSR count). The summed E-state index contributed by atoms with van der Waals surface area (Å²) in [6.07, 6.45) is 1.42. The molecule has 72 valence electrons. The summed E-state index contributed by atoms with van der Waals surface area (Å²) in [5, 5.41) is 12.9. The number of aromatic nitrogens is 2. The van der Waals surface area contributed by atoms with Crippen LogP contribution in [-0.4, -0.2) is 20.9 Å². The van der Waals surface area contributed by atoms with E-state index in [-0.39, 0.29) is 12.5 Å². The van der Waals surface area contributed by atoms with E-state index in [4.69, 9.17) is 16.7 Å². The van der Waals surface area contributed by atoms with Gasteiger partial charge in [-0.25, -0.2) is 0 Å². The minimum atomic E-state index is -0.898. The molecule has 13 heavy (non-hydrogen) atoms. The fourth-order valence-electron chi connectivity index (χ4n) is 1.02.